The molecule has 0 fully saturated rings. The van der Waals surface area contributed by atoms with E-state index in [9.17, 15) is 19.1 Å². The lowest BCUT2D eigenvalue weighted by Gasteiger charge is -2.27. The zero-order chi connectivity index (χ0) is 29.3. The fourth-order valence-corrected chi connectivity index (χ4v) is 4.70. The van der Waals surface area contributed by atoms with E-state index in [1.54, 1.807) is 18.2 Å². The van der Waals surface area contributed by atoms with Crippen LogP contribution in [0.5, 0.6) is 5.75 Å². The van der Waals surface area contributed by atoms with Crippen molar-refractivity contribution in [1.82, 2.24) is 0 Å². The number of allylic oxidation sites excluding steroid dienone is 2. The van der Waals surface area contributed by atoms with Crippen LogP contribution in [0.1, 0.15) is 95.1 Å². The minimum atomic E-state index is -1.85. The summed E-state index contributed by atoms with van der Waals surface area (Å²) in [7, 11) is 0. The van der Waals surface area contributed by atoms with Gasteiger partial charge in [-0.3, -0.25) is 0 Å². The van der Waals surface area contributed by atoms with E-state index in [0.717, 1.165) is 30.4 Å². The summed E-state index contributed by atoms with van der Waals surface area (Å²) >= 11 is 0. The van der Waals surface area contributed by atoms with Crippen LogP contribution < -0.4 is 4.74 Å². The third-order valence-corrected chi connectivity index (χ3v) is 7.15. The van der Waals surface area contributed by atoms with Gasteiger partial charge < -0.3 is 14.6 Å². The highest BCUT2D eigenvalue weighted by Gasteiger charge is 2.40. The molecule has 218 valence electrons. The smallest absolute Gasteiger partial charge is 0.386 e. The highest BCUT2D eigenvalue weighted by molar-refractivity contribution is 5.94. The molecule has 0 aliphatic heterocycles. The van der Waals surface area contributed by atoms with Crippen LogP contribution in [-0.4, -0.2) is 29.3 Å². The van der Waals surface area contributed by atoms with Gasteiger partial charge in [-0.2, -0.15) is 0 Å². The van der Waals surface area contributed by atoms with Gasteiger partial charge in [-0.1, -0.05) is 120 Å². The Hall–Kier alpha value is -3.85. The van der Waals surface area contributed by atoms with Crippen LogP contribution >= 0.6 is 0 Å². The van der Waals surface area contributed by atoms with Gasteiger partial charge in [0, 0.05) is 17.9 Å². The summed E-state index contributed by atoms with van der Waals surface area (Å²) in [6.45, 7) is 2.68. The second-order valence-corrected chi connectivity index (χ2v) is 10.4. The number of carbonyl (C=O) groups is 2. The first-order chi connectivity index (χ1) is 19.9. The predicted octanol–water partition coefficient (Wildman–Crippen LogP) is 8.28. The van der Waals surface area contributed by atoms with Gasteiger partial charge >= 0.3 is 11.9 Å². The maximum Gasteiger partial charge on any atom is 0.386 e. The molecule has 1 unspecified atom stereocenters. The van der Waals surface area contributed by atoms with E-state index in [4.69, 9.17) is 9.47 Å². The van der Waals surface area contributed by atoms with Gasteiger partial charge in [-0.25, -0.2) is 14.0 Å². The molecule has 5 nitrogen and oxygen atoms in total. The number of carbonyl (C=O) groups excluding carboxylic acids is 1. The van der Waals surface area contributed by atoms with Gasteiger partial charge in [0.2, 0.25) is 5.60 Å². The molecule has 2 aromatic rings. The quantitative estimate of drug-likeness (QED) is 0.127. The van der Waals surface area contributed by atoms with Gasteiger partial charge in [0.25, 0.3) is 0 Å². The lowest BCUT2D eigenvalue weighted by atomic mass is 9.89. The number of benzene rings is 2. The first-order valence-corrected chi connectivity index (χ1v) is 14.8. The Kier molecular flexibility index (Phi) is 13.2. The lowest BCUT2D eigenvalue weighted by Crippen LogP contribution is -2.41. The molecule has 0 heterocycles. The number of esters is 1. The van der Waals surface area contributed by atoms with Crippen molar-refractivity contribution in [2.75, 3.05) is 6.61 Å². The van der Waals surface area contributed by atoms with Crippen molar-refractivity contribution in [3.05, 3.63) is 83.7 Å². The van der Waals surface area contributed by atoms with Crippen LogP contribution in [0, 0.1) is 17.7 Å². The van der Waals surface area contributed by atoms with Crippen LogP contribution in [-0.2, 0) is 14.3 Å². The van der Waals surface area contributed by atoms with E-state index in [-0.39, 0.29) is 17.7 Å². The molecular formula is C35H41FO5. The Bertz CT molecular complexity index is 1250. The zero-order valence-electron chi connectivity index (χ0n) is 24.0. The summed E-state index contributed by atoms with van der Waals surface area (Å²) in [5, 5.41) is 9.76. The summed E-state index contributed by atoms with van der Waals surface area (Å²) in [6.07, 6.45) is 18.2. The lowest BCUT2D eigenvalue weighted by molar-refractivity contribution is -0.168. The number of ether oxygens (including phenoxy) is 2. The van der Waals surface area contributed by atoms with Crippen molar-refractivity contribution in [3.8, 4) is 17.6 Å². The molecule has 0 saturated carbocycles. The van der Waals surface area contributed by atoms with Crippen LogP contribution in [0.4, 0.5) is 4.39 Å². The van der Waals surface area contributed by atoms with Crippen molar-refractivity contribution < 1.29 is 28.6 Å². The average Bonchev–Trinajstić information content (AvgIpc) is 2.98. The number of aliphatic carboxylic acids is 1. The first-order valence-electron chi connectivity index (χ1n) is 14.8. The Morgan fingerprint density at radius 1 is 0.927 bits per heavy atom. The summed E-state index contributed by atoms with van der Waals surface area (Å²) in [4.78, 5) is 24.4. The third-order valence-electron chi connectivity index (χ3n) is 7.15. The van der Waals surface area contributed by atoms with Crippen LogP contribution in [0.25, 0.3) is 5.57 Å². The maximum atomic E-state index is 14.5. The zero-order valence-corrected chi connectivity index (χ0v) is 24.0. The molecule has 41 heavy (non-hydrogen) atoms. The number of halogens is 1. The van der Waals surface area contributed by atoms with E-state index >= 15 is 0 Å². The molecule has 1 atom stereocenters. The molecule has 0 saturated heterocycles. The summed E-state index contributed by atoms with van der Waals surface area (Å²) in [5.41, 5.74) is 0.186. The van der Waals surface area contributed by atoms with Gasteiger partial charge in [0.1, 0.15) is 0 Å². The minimum absolute atomic E-state index is 0.0315. The Labute approximate surface area is 243 Å². The summed E-state index contributed by atoms with van der Waals surface area (Å²) in [6, 6.07) is 13.7. The molecule has 2 aromatic carbocycles. The largest absolute Gasteiger partial charge is 0.491 e. The maximum absolute atomic E-state index is 14.5. The van der Waals surface area contributed by atoms with Gasteiger partial charge in [0.15, 0.2) is 11.6 Å². The van der Waals surface area contributed by atoms with Crippen LogP contribution in [0.15, 0.2) is 66.8 Å². The minimum Gasteiger partial charge on any atom is -0.491 e. The second-order valence-electron chi connectivity index (χ2n) is 10.4. The van der Waals surface area contributed by atoms with Gasteiger partial charge in [-0.15, -0.1) is 0 Å². The molecule has 3 rings (SSSR count). The molecular weight excluding hydrogens is 519 g/mol. The first kappa shape index (κ1) is 31.7. The predicted molar refractivity (Wildman–Crippen MR) is 160 cm³/mol. The Morgan fingerprint density at radius 2 is 1.59 bits per heavy atom. The molecule has 0 aromatic heterocycles. The number of hydrogen-bond donors (Lipinski definition) is 1. The number of carboxylic acid groups (broad SMARTS) is 1. The monoisotopic (exact) mass is 560 g/mol. The summed E-state index contributed by atoms with van der Waals surface area (Å²) < 4.78 is 25.4. The second kappa shape index (κ2) is 17.1. The number of unbranched alkanes of at least 4 members (excludes halogenated alkanes) is 10. The number of carboxylic acids is 1. The molecule has 6 heteroatoms. The summed E-state index contributed by atoms with van der Waals surface area (Å²) in [5.74, 6) is 2.10. The molecule has 1 aliphatic rings. The molecule has 0 radical (unpaired) electrons. The van der Waals surface area contributed by atoms with E-state index in [1.165, 1.54) is 69.6 Å². The van der Waals surface area contributed by atoms with Gasteiger partial charge in [0.05, 0.1) is 6.61 Å². The molecule has 1 N–H and O–H groups in total. The van der Waals surface area contributed by atoms with Crippen LogP contribution in [0.2, 0.25) is 0 Å². The third kappa shape index (κ3) is 10.6. The van der Waals surface area contributed by atoms with E-state index in [2.05, 4.69) is 18.8 Å². The molecule has 1 aliphatic carbocycles. The van der Waals surface area contributed by atoms with E-state index in [0.29, 0.717) is 6.61 Å². The number of rotatable bonds is 16. The normalized spacial score (nSPS) is 15.9. The average molecular weight is 561 g/mol. The van der Waals surface area contributed by atoms with E-state index < -0.39 is 23.4 Å². The van der Waals surface area contributed by atoms with E-state index in [1.807, 2.05) is 30.3 Å². The highest BCUT2D eigenvalue weighted by Crippen LogP contribution is 2.30. The van der Waals surface area contributed by atoms with Crippen molar-refractivity contribution in [2.45, 2.75) is 89.6 Å². The SMILES string of the molecule is CCCCCCCCCCCCCOc1ccc(C#CC(=O)OC2(C(=O)O)C=CC(c3ccccc3)=CC2)cc1F. The molecule has 0 amide bonds. The Morgan fingerprint density at radius 3 is 2.17 bits per heavy atom. The fourth-order valence-electron chi connectivity index (χ4n) is 4.70. The van der Waals surface area contributed by atoms with Crippen molar-refractivity contribution in [3.63, 3.8) is 0 Å². The number of hydrogen-bond acceptors (Lipinski definition) is 4. The van der Waals surface area contributed by atoms with Gasteiger partial charge in [-0.05, 0) is 41.8 Å². The van der Waals surface area contributed by atoms with Crippen molar-refractivity contribution >= 4 is 17.5 Å². The standard InChI is InChI=1S/C35H41FO5/c1-2-3-4-5-6-7-8-9-10-11-15-26-40-32-20-18-28(27-31(32)36)19-21-33(37)41-35(34(38)39)24-22-30(23-25-35)29-16-13-12-14-17-29/h12-14,16-18,20,22-24,27H,2-11,15,25-26H2,1H3,(H,38,39). The Balaban J connectivity index is 1.41. The fraction of sp³-hybridized carbons (Fsp3) is 0.429. The van der Waals surface area contributed by atoms with Crippen molar-refractivity contribution in [1.29, 1.82) is 0 Å². The van der Waals surface area contributed by atoms with Crippen LogP contribution in [0.3, 0.4) is 0 Å². The molecule has 0 spiro atoms. The topological polar surface area (TPSA) is 72.8 Å². The van der Waals surface area contributed by atoms with Crippen molar-refractivity contribution in [2.24, 2.45) is 0 Å². The highest BCUT2D eigenvalue weighted by atomic mass is 19.1. The molecule has 0 bridgehead atoms.